The smallest absolute Gasteiger partial charge is 0.274 e. The van der Waals surface area contributed by atoms with Crippen molar-refractivity contribution in [2.75, 3.05) is 5.32 Å². The highest BCUT2D eigenvalue weighted by atomic mass is 16.2. The molecule has 2 amide bonds. The average molecular weight is 337 g/mol. The summed E-state index contributed by atoms with van der Waals surface area (Å²) in [4.78, 5) is 32.4. The molecule has 2 aromatic heterocycles. The van der Waals surface area contributed by atoms with Gasteiger partial charge in [0.2, 0.25) is 5.91 Å². The average Bonchev–Trinajstić information content (AvgIpc) is 3.08. The Morgan fingerprint density at radius 3 is 2.68 bits per heavy atom. The van der Waals surface area contributed by atoms with E-state index in [-0.39, 0.29) is 23.4 Å². The first-order chi connectivity index (χ1) is 12.0. The zero-order valence-electron chi connectivity index (χ0n) is 14.1. The first-order valence-corrected chi connectivity index (χ1v) is 8.00. The maximum atomic E-state index is 12.4. The number of rotatable bonds is 5. The molecule has 2 N–H and O–H groups in total. The van der Waals surface area contributed by atoms with E-state index in [0.717, 1.165) is 5.56 Å². The largest absolute Gasteiger partial charge is 0.347 e. The van der Waals surface area contributed by atoms with Gasteiger partial charge >= 0.3 is 0 Å². The normalized spacial score (nSPS) is 10.8. The Bertz CT molecular complexity index is 916. The van der Waals surface area contributed by atoms with Crippen molar-refractivity contribution < 1.29 is 9.59 Å². The number of nitrogens with zero attached hydrogens (tertiary/aromatic N) is 3. The molecule has 0 bridgehead atoms. The van der Waals surface area contributed by atoms with Crippen molar-refractivity contribution in [3.05, 3.63) is 60.3 Å². The minimum absolute atomic E-state index is 0.0450. The van der Waals surface area contributed by atoms with Gasteiger partial charge in [0.25, 0.3) is 5.91 Å². The van der Waals surface area contributed by atoms with E-state index < -0.39 is 0 Å². The van der Waals surface area contributed by atoms with Gasteiger partial charge in [-0.3, -0.25) is 9.59 Å². The Kier molecular flexibility index (Phi) is 4.74. The number of fused-ring (bicyclic) bond motifs is 1. The SMILES string of the molecule is CC(C)C(=O)Nc1cccc(CNC(=O)c2nccn3ccnc23)c1. The molecule has 0 aliphatic heterocycles. The summed E-state index contributed by atoms with van der Waals surface area (Å²) in [5.41, 5.74) is 2.37. The van der Waals surface area contributed by atoms with E-state index in [1.165, 1.54) is 0 Å². The molecule has 0 atom stereocenters. The maximum Gasteiger partial charge on any atom is 0.274 e. The quantitative estimate of drug-likeness (QED) is 0.747. The molecule has 0 spiro atoms. The third-order valence-electron chi connectivity index (χ3n) is 3.70. The lowest BCUT2D eigenvalue weighted by Gasteiger charge is -2.10. The Labute approximate surface area is 145 Å². The number of hydrogen-bond donors (Lipinski definition) is 2. The Hall–Kier alpha value is -3.22. The van der Waals surface area contributed by atoms with Crippen molar-refractivity contribution in [2.45, 2.75) is 20.4 Å². The topological polar surface area (TPSA) is 88.4 Å². The molecule has 0 unspecified atom stereocenters. The molecule has 0 aliphatic rings. The molecule has 1 aromatic carbocycles. The lowest BCUT2D eigenvalue weighted by Crippen LogP contribution is -2.24. The van der Waals surface area contributed by atoms with E-state index in [2.05, 4.69) is 20.6 Å². The van der Waals surface area contributed by atoms with Gasteiger partial charge in [-0.15, -0.1) is 0 Å². The van der Waals surface area contributed by atoms with Gasteiger partial charge < -0.3 is 15.0 Å². The number of benzene rings is 1. The second-order valence-corrected chi connectivity index (χ2v) is 5.96. The summed E-state index contributed by atoms with van der Waals surface area (Å²) in [5, 5.41) is 5.68. The molecule has 0 aliphatic carbocycles. The van der Waals surface area contributed by atoms with E-state index >= 15 is 0 Å². The number of carbonyl (C=O) groups excluding carboxylic acids is 2. The first kappa shape index (κ1) is 16.6. The molecule has 128 valence electrons. The van der Waals surface area contributed by atoms with Crippen molar-refractivity contribution in [3.63, 3.8) is 0 Å². The van der Waals surface area contributed by atoms with Crippen LogP contribution in [0.15, 0.2) is 49.1 Å². The van der Waals surface area contributed by atoms with Crippen LogP contribution in [-0.2, 0) is 11.3 Å². The van der Waals surface area contributed by atoms with Crippen LogP contribution in [0.25, 0.3) is 5.65 Å². The number of carbonyl (C=O) groups is 2. The van der Waals surface area contributed by atoms with Crippen LogP contribution in [0.5, 0.6) is 0 Å². The van der Waals surface area contributed by atoms with E-state index in [1.54, 1.807) is 29.2 Å². The molecule has 0 radical (unpaired) electrons. The van der Waals surface area contributed by atoms with Crippen LogP contribution in [0.2, 0.25) is 0 Å². The van der Waals surface area contributed by atoms with Crippen LogP contribution < -0.4 is 10.6 Å². The minimum Gasteiger partial charge on any atom is -0.347 e. The lowest BCUT2D eigenvalue weighted by molar-refractivity contribution is -0.118. The van der Waals surface area contributed by atoms with Crippen molar-refractivity contribution in [1.82, 2.24) is 19.7 Å². The molecule has 0 saturated heterocycles. The molecule has 7 nitrogen and oxygen atoms in total. The molecule has 25 heavy (non-hydrogen) atoms. The predicted octanol–water partition coefficient (Wildman–Crippen LogP) is 2.25. The van der Waals surface area contributed by atoms with E-state index in [9.17, 15) is 9.59 Å². The summed E-state index contributed by atoms with van der Waals surface area (Å²) in [5.74, 6) is -0.436. The Balaban J connectivity index is 1.68. The van der Waals surface area contributed by atoms with E-state index in [4.69, 9.17) is 0 Å². The molecule has 7 heteroatoms. The summed E-state index contributed by atoms with van der Waals surface area (Å²) in [6.45, 7) is 4.00. The van der Waals surface area contributed by atoms with Crippen LogP contribution in [-0.4, -0.2) is 26.2 Å². The van der Waals surface area contributed by atoms with Crippen LogP contribution in [0, 0.1) is 5.92 Å². The first-order valence-electron chi connectivity index (χ1n) is 8.00. The molecular formula is C18H19N5O2. The van der Waals surface area contributed by atoms with Gasteiger partial charge in [0.05, 0.1) is 0 Å². The van der Waals surface area contributed by atoms with Crippen LogP contribution in [0.3, 0.4) is 0 Å². The van der Waals surface area contributed by atoms with Crippen LogP contribution in [0.4, 0.5) is 5.69 Å². The van der Waals surface area contributed by atoms with Crippen LogP contribution in [0.1, 0.15) is 29.9 Å². The van der Waals surface area contributed by atoms with Crippen LogP contribution >= 0.6 is 0 Å². The van der Waals surface area contributed by atoms with Gasteiger partial charge in [-0.05, 0) is 17.7 Å². The lowest BCUT2D eigenvalue weighted by atomic mass is 10.1. The zero-order chi connectivity index (χ0) is 17.8. The fraction of sp³-hybridized carbons (Fsp3) is 0.222. The summed E-state index contributed by atoms with van der Waals surface area (Å²) in [6.07, 6.45) is 6.68. The third-order valence-corrected chi connectivity index (χ3v) is 3.70. The summed E-state index contributed by atoms with van der Waals surface area (Å²) < 4.78 is 1.74. The minimum atomic E-state index is -0.298. The summed E-state index contributed by atoms with van der Waals surface area (Å²) >= 11 is 0. The predicted molar refractivity (Wildman–Crippen MR) is 94.1 cm³/mol. The fourth-order valence-electron chi connectivity index (χ4n) is 2.33. The number of nitrogens with one attached hydrogen (secondary N) is 2. The molecule has 2 heterocycles. The van der Waals surface area contributed by atoms with Crippen molar-refractivity contribution >= 4 is 23.1 Å². The number of anilines is 1. The molecule has 3 rings (SSSR count). The van der Waals surface area contributed by atoms with Gasteiger partial charge in [-0.1, -0.05) is 26.0 Å². The molecule has 0 saturated carbocycles. The van der Waals surface area contributed by atoms with E-state index in [1.807, 2.05) is 38.1 Å². The zero-order valence-corrected chi connectivity index (χ0v) is 14.1. The molecule has 3 aromatic rings. The number of imidazole rings is 1. The van der Waals surface area contributed by atoms with Gasteiger partial charge in [0.1, 0.15) is 0 Å². The van der Waals surface area contributed by atoms with Crippen molar-refractivity contribution in [2.24, 2.45) is 5.92 Å². The summed E-state index contributed by atoms with van der Waals surface area (Å²) in [6, 6.07) is 7.38. The van der Waals surface area contributed by atoms with Gasteiger partial charge in [0.15, 0.2) is 11.3 Å². The highest BCUT2D eigenvalue weighted by molar-refractivity contribution is 5.97. The fourth-order valence-corrected chi connectivity index (χ4v) is 2.33. The Morgan fingerprint density at radius 1 is 1.16 bits per heavy atom. The maximum absolute atomic E-state index is 12.4. The third kappa shape index (κ3) is 3.82. The summed E-state index contributed by atoms with van der Waals surface area (Å²) in [7, 11) is 0. The Morgan fingerprint density at radius 2 is 1.92 bits per heavy atom. The highest BCUT2D eigenvalue weighted by Crippen LogP contribution is 2.12. The number of aromatic nitrogens is 3. The highest BCUT2D eigenvalue weighted by Gasteiger charge is 2.13. The molecule has 0 fully saturated rings. The van der Waals surface area contributed by atoms with E-state index in [0.29, 0.717) is 17.9 Å². The number of amides is 2. The van der Waals surface area contributed by atoms with Crippen molar-refractivity contribution in [3.8, 4) is 0 Å². The number of hydrogen-bond acceptors (Lipinski definition) is 4. The standard InChI is InChI=1S/C18H19N5O2/c1-12(2)17(24)22-14-5-3-4-13(10-14)11-21-18(25)15-16-20-7-9-23(16)8-6-19-15/h3-10,12H,11H2,1-2H3,(H,21,25)(H,22,24). The van der Waals surface area contributed by atoms with Gasteiger partial charge in [0, 0.05) is 42.9 Å². The second kappa shape index (κ2) is 7.12. The van der Waals surface area contributed by atoms with Gasteiger partial charge in [-0.25, -0.2) is 9.97 Å². The van der Waals surface area contributed by atoms with Crippen molar-refractivity contribution in [1.29, 1.82) is 0 Å². The van der Waals surface area contributed by atoms with Gasteiger partial charge in [-0.2, -0.15) is 0 Å². The monoisotopic (exact) mass is 337 g/mol. The second-order valence-electron chi connectivity index (χ2n) is 5.96. The molecular weight excluding hydrogens is 318 g/mol.